The van der Waals surface area contributed by atoms with E-state index in [1.54, 1.807) is 48.5 Å². The number of halogens is 6. The monoisotopic (exact) mass is 706 g/mol. The van der Waals surface area contributed by atoms with Gasteiger partial charge in [-0.2, -0.15) is 26.3 Å². The minimum Gasteiger partial charge on any atom is -0.457 e. The fraction of sp³-hybridized carbons (Fsp3) is 0.135. The molecule has 2 aliphatic rings. The first kappa shape index (κ1) is 34.7. The van der Waals surface area contributed by atoms with E-state index in [0.29, 0.717) is 21.9 Å². The molecular formula is C37H24F6N2O6. The number of hydrogen-bond acceptors (Lipinski definition) is 6. The van der Waals surface area contributed by atoms with Gasteiger partial charge in [-0.3, -0.25) is 19.2 Å². The summed E-state index contributed by atoms with van der Waals surface area (Å²) >= 11 is 0. The lowest BCUT2D eigenvalue weighted by Gasteiger charge is -2.26. The van der Waals surface area contributed by atoms with Gasteiger partial charge in [-0.25, -0.2) is 9.80 Å². The van der Waals surface area contributed by atoms with Gasteiger partial charge in [-0.05, 0) is 71.8 Å². The normalized spacial score (nSPS) is 15.0. The van der Waals surface area contributed by atoms with Gasteiger partial charge in [0.2, 0.25) is 0 Å². The molecule has 0 saturated carbocycles. The third-order valence-corrected chi connectivity index (χ3v) is 8.27. The molecule has 0 unspecified atom stereocenters. The summed E-state index contributed by atoms with van der Waals surface area (Å²) in [5.74, 6) is -3.47. The number of imide groups is 2. The van der Waals surface area contributed by atoms with Crippen molar-refractivity contribution >= 4 is 35.0 Å². The minimum atomic E-state index is -4.89. The Kier molecular flexibility index (Phi) is 8.57. The molecule has 0 fully saturated rings. The van der Waals surface area contributed by atoms with Crippen LogP contribution in [0.25, 0.3) is 0 Å². The second kappa shape index (κ2) is 12.6. The summed E-state index contributed by atoms with van der Waals surface area (Å²) in [5.41, 5.74) is -2.71. The van der Waals surface area contributed by atoms with Gasteiger partial charge in [0.15, 0.2) is 0 Å². The Bertz CT molecular complexity index is 1950. The number of anilines is 2. The van der Waals surface area contributed by atoms with Gasteiger partial charge in [-0.1, -0.05) is 38.1 Å². The van der Waals surface area contributed by atoms with Gasteiger partial charge >= 0.3 is 12.4 Å². The molecule has 0 aromatic heterocycles. The summed E-state index contributed by atoms with van der Waals surface area (Å²) in [4.78, 5) is 48.9. The number of carbonyl (C=O) groups is 4. The largest absolute Gasteiger partial charge is 0.457 e. The van der Waals surface area contributed by atoms with Gasteiger partial charge in [-0.15, -0.1) is 0 Å². The van der Waals surface area contributed by atoms with Crippen LogP contribution in [0.3, 0.4) is 0 Å². The molecule has 4 aromatic carbocycles. The maximum Gasteiger partial charge on any atom is 0.418 e. The Morgan fingerprint density at radius 3 is 1.04 bits per heavy atom. The minimum absolute atomic E-state index is 0.173. The highest BCUT2D eigenvalue weighted by molar-refractivity contribution is 6.29. The van der Waals surface area contributed by atoms with Crippen molar-refractivity contribution in [3.8, 4) is 23.0 Å². The van der Waals surface area contributed by atoms with Crippen LogP contribution in [0, 0.1) is 0 Å². The zero-order valence-corrected chi connectivity index (χ0v) is 26.5. The van der Waals surface area contributed by atoms with E-state index in [2.05, 4.69) is 0 Å². The summed E-state index contributed by atoms with van der Waals surface area (Å²) in [6.07, 6.45) is -6.23. The van der Waals surface area contributed by atoms with Crippen molar-refractivity contribution in [3.63, 3.8) is 0 Å². The molecule has 0 N–H and O–H groups in total. The first-order chi connectivity index (χ1) is 23.9. The molecular weight excluding hydrogens is 682 g/mol. The summed E-state index contributed by atoms with van der Waals surface area (Å²) in [6.45, 7) is 3.82. The average molecular weight is 707 g/mol. The molecule has 2 aliphatic heterocycles. The SMILES string of the molecule is CC(C)(c1ccc(Oc2ccc(N3C(=O)C=CC3=O)c(C(F)(F)F)c2)cc1)c1ccc(Oc2ccc(N3C(=O)C=CC3=O)c(C(F)(F)F)c2)cc1. The Morgan fingerprint density at radius 2 is 0.745 bits per heavy atom. The van der Waals surface area contributed by atoms with Crippen molar-refractivity contribution in [3.05, 3.63) is 131 Å². The average Bonchev–Trinajstić information content (AvgIpc) is 3.59. The fourth-order valence-corrected chi connectivity index (χ4v) is 5.59. The maximum absolute atomic E-state index is 13.9. The predicted octanol–water partition coefficient (Wildman–Crippen LogP) is 8.49. The second-order valence-corrected chi connectivity index (χ2v) is 11.9. The number of rotatable bonds is 8. The molecule has 4 amide bonds. The van der Waals surface area contributed by atoms with E-state index in [-0.39, 0.29) is 23.0 Å². The number of alkyl halides is 6. The van der Waals surface area contributed by atoms with Crippen molar-refractivity contribution in [2.24, 2.45) is 0 Å². The maximum atomic E-state index is 13.9. The van der Waals surface area contributed by atoms with E-state index < -0.39 is 63.9 Å². The van der Waals surface area contributed by atoms with Crippen LogP contribution < -0.4 is 19.3 Å². The molecule has 0 saturated heterocycles. The van der Waals surface area contributed by atoms with E-state index in [0.717, 1.165) is 47.6 Å². The van der Waals surface area contributed by atoms with Gasteiger partial charge in [0.05, 0.1) is 22.5 Å². The van der Waals surface area contributed by atoms with Gasteiger partial charge in [0, 0.05) is 29.7 Å². The van der Waals surface area contributed by atoms with E-state index in [1.165, 1.54) is 12.1 Å². The summed E-state index contributed by atoms with van der Waals surface area (Å²) in [5, 5.41) is 0. The third kappa shape index (κ3) is 6.84. The van der Waals surface area contributed by atoms with Crippen molar-refractivity contribution < 1.29 is 55.0 Å². The lowest BCUT2D eigenvalue weighted by molar-refractivity contribution is -0.138. The molecule has 4 aromatic rings. The summed E-state index contributed by atoms with van der Waals surface area (Å²) in [7, 11) is 0. The second-order valence-electron chi connectivity index (χ2n) is 11.9. The van der Waals surface area contributed by atoms with Crippen LogP contribution >= 0.6 is 0 Å². The smallest absolute Gasteiger partial charge is 0.418 e. The zero-order valence-electron chi connectivity index (χ0n) is 26.5. The summed E-state index contributed by atoms with van der Waals surface area (Å²) < 4.78 is 94.8. The number of benzene rings is 4. The van der Waals surface area contributed by atoms with E-state index in [9.17, 15) is 45.5 Å². The van der Waals surface area contributed by atoms with Crippen molar-refractivity contribution in [1.82, 2.24) is 0 Å². The van der Waals surface area contributed by atoms with Gasteiger partial charge in [0.25, 0.3) is 23.6 Å². The van der Waals surface area contributed by atoms with Crippen LogP contribution in [0.2, 0.25) is 0 Å². The number of hydrogen-bond donors (Lipinski definition) is 0. The van der Waals surface area contributed by atoms with Crippen LogP contribution in [0.5, 0.6) is 23.0 Å². The summed E-state index contributed by atoms with van der Waals surface area (Å²) in [6, 6.07) is 19.0. The van der Waals surface area contributed by atoms with Gasteiger partial charge < -0.3 is 9.47 Å². The molecule has 51 heavy (non-hydrogen) atoms. The van der Waals surface area contributed by atoms with Crippen LogP contribution in [-0.2, 0) is 36.9 Å². The fourth-order valence-electron chi connectivity index (χ4n) is 5.59. The topological polar surface area (TPSA) is 93.2 Å². The number of ether oxygens (including phenoxy) is 2. The first-order valence-electron chi connectivity index (χ1n) is 15.0. The first-order valence-corrected chi connectivity index (χ1v) is 15.0. The molecule has 260 valence electrons. The van der Waals surface area contributed by atoms with Crippen LogP contribution in [0.4, 0.5) is 37.7 Å². The molecule has 0 aliphatic carbocycles. The van der Waals surface area contributed by atoms with Crippen molar-refractivity contribution in [2.45, 2.75) is 31.6 Å². The third-order valence-electron chi connectivity index (χ3n) is 8.27. The van der Waals surface area contributed by atoms with E-state index in [4.69, 9.17) is 9.47 Å². The van der Waals surface area contributed by atoms with Crippen molar-refractivity contribution in [1.29, 1.82) is 0 Å². The molecule has 0 radical (unpaired) electrons. The van der Waals surface area contributed by atoms with E-state index in [1.807, 2.05) is 13.8 Å². The standard InChI is InChI=1S/C37H24F6N2O6/c1-35(2,21-3-7-23(8-4-21)50-25-11-13-29(27(19-25)36(38,39)40)44-31(46)15-16-32(44)47)22-5-9-24(10-6-22)51-26-12-14-30(28(20-26)37(41,42)43)45-33(48)17-18-34(45)49/h3-20H,1-2H3. The highest BCUT2D eigenvalue weighted by Crippen LogP contribution is 2.43. The van der Waals surface area contributed by atoms with Crippen LogP contribution in [0.15, 0.2) is 109 Å². The number of amides is 4. The quantitative estimate of drug-likeness (QED) is 0.135. The molecule has 0 bridgehead atoms. The molecule has 2 heterocycles. The Labute approximate surface area is 285 Å². The van der Waals surface area contributed by atoms with Gasteiger partial charge in [0.1, 0.15) is 23.0 Å². The lowest BCUT2D eigenvalue weighted by atomic mass is 9.78. The highest BCUT2D eigenvalue weighted by atomic mass is 19.4. The Balaban J connectivity index is 1.17. The number of nitrogens with zero attached hydrogens (tertiary/aromatic N) is 2. The Hall–Kier alpha value is -6.18. The molecule has 8 nitrogen and oxygen atoms in total. The zero-order chi connectivity index (χ0) is 36.9. The van der Waals surface area contributed by atoms with Crippen molar-refractivity contribution in [2.75, 3.05) is 9.80 Å². The van der Waals surface area contributed by atoms with E-state index >= 15 is 0 Å². The lowest BCUT2D eigenvalue weighted by Crippen LogP contribution is -2.31. The molecule has 0 atom stereocenters. The number of carbonyl (C=O) groups excluding carboxylic acids is 4. The highest BCUT2D eigenvalue weighted by Gasteiger charge is 2.40. The van der Waals surface area contributed by atoms with Crippen LogP contribution in [0.1, 0.15) is 36.1 Å². The molecule has 14 heteroatoms. The Morgan fingerprint density at radius 1 is 0.451 bits per heavy atom. The molecule has 0 spiro atoms. The molecule has 6 rings (SSSR count). The van der Waals surface area contributed by atoms with Crippen LogP contribution in [-0.4, -0.2) is 23.6 Å². The predicted molar refractivity (Wildman–Crippen MR) is 171 cm³/mol.